The fourth-order valence-electron chi connectivity index (χ4n) is 4.03. The second kappa shape index (κ2) is 10.0. The van der Waals surface area contributed by atoms with Gasteiger partial charge in [-0.05, 0) is 77.2 Å². The number of Topliss-reactive ketones (excluding diaryl/α,β-unsaturated/α-hetero) is 1. The van der Waals surface area contributed by atoms with E-state index < -0.39 is 17.7 Å². The van der Waals surface area contributed by atoms with Gasteiger partial charge in [-0.3, -0.25) is 9.59 Å². The summed E-state index contributed by atoms with van der Waals surface area (Å²) in [4.78, 5) is 29.7. The van der Waals surface area contributed by atoms with Gasteiger partial charge in [0.25, 0.3) is 11.7 Å². The van der Waals surface area contributed by atoms with Crippen molar-refractivity contribution in [2.75, 3.05) is 33.8 Å². The summed E-state index contributed by atoms with van der Waals surface area (Å²) in [6.07, 6.45) is 0.727. The van der Waals surface area contributed by atoms with Gasteiger partial charge in [0.05, 0.1) is 18.2 Å². The molecule has 2 aromatic carbocycles. The zero-order valence-electron chi connectivity index (χ0n) is 19.5. The van der Waals surface area contributed by atoms with Crippen molar-refractivity contribution in [3.05, 3.63) is 70.3 Å². The number of aryl methyl sites for hydroxylation is 2. The summed E-state index contributed by atoms with van der Waals surface area (Å²) in [5.74, 6) is -0.651. The number of aliphatic hydroxyl groups is 1. The maximum Gasteiger partial charge on any atom is 0.295 e. The van der Waals surface area contributed by atoms with Crippen LogP contribution in [0, 0.1) is 13.8 Å². The van der Waals surface area contributed by atoms with E-state index in [2.05, 4.69) is 0 Å². The average molecular weight is 437 g/mol. The van der Waals surface area contributed by atoms with Crippen molar-refractivity contribution in [2.45, 2.75) is 33.2 Å². The molecule has 0 bridgehead atoms. The molecule has 6 heteroatoms. The number of rotatable bonds is 8. The van der Waals surface area contributed by atoms with Gasteiger partial charge in [-0.1, -0.05) is 29.8 Å². The fourth-order valence-corrected chi connectivity index (χ4v) is 4.03. The summed E-state index contributed by atoms with van der Waals surface area (Å²) < 4.78 is 5.59. The van der Waals surface area contributed by atoms with Gasteiger partial charge in [-0.25, -0.2) is 0 Å². The van der Waals surface area contributed by atoms with Crippen molar-refractivity contribution in [3.63, 3.8) is 0 Å². The Kier molecular flexibility index (Phi) is 7.36. The standard InChI is InChI=1S/C26H32N2O4/c1-6-32-21-13-12-20(16-18(21)3)24(29)22-23(19-10-8-17(2)9-11-19)28(26(31)25(22)30)15-7-14-27(4)5/h8-13,16,23,29H,6-7,14-15H2,1-5H3/b24-22+. The molecule has 170 valence electrons. The van der Waals surface area contributed by atoms with Gasteiger partial charge < -0.3 is 19.6 Å². The molecule has 1 aliphatic rings. The Bertz CT molecular complexity index is 1020. The lowest BCUT2D eigenvalue weighted by molar-refractivity contribution is -0.139. The highest BCUT2D eigenvalue weighted by Gasteiger charge is 2.45. The molecule has 32 heavy (non-hydrogen) atoms. The summed E-state index contributed by atoms with van der Waals surface area (Å²) in [6.45, 7) is 7.55. The highest BCUT2D eigenvalue weighted by atomic mass is 16.5. The summed E-state index contributed by atoms with van der Waals surface area (Å²) in [7, 11) is 3.94. The summed E-state index contributed by atoms with van der Waals surface area (Å²) >= 11 is 0. The van der Waals surface area contributed by atoms with Gasteiger partial charge in [-0.15, -0.1) is 0 Å². The van der Waals surface area contributed by atoms with E-state index in [1.807, 2.05) is 64.0 Å². The summed E-state index contributed by atoms with van der Waals surface area (Å²) in [5, 5.41) is 11.2. The average Bonchev–Trinajstić information content (AvgIpc) is 3.00. The second-order valence-electron chi connectivity index (χ2n) is 8.47. The normalized spacial score (nSPS) is 17.9. The Hall–Kier alpha value is -3.12. The number of carbonyl (C=O) groups is 2. The van der Waals surface area contributed by atoms with E-state index in [1.165, 1.54) is 0 Å². The summed E-state index contributed by atoms with van der Waals surface area (Å²) in [6, 6.07) is 12.4. The molecule has 1 atom stereocenters. The van der Waals surface area contributed by atoms with Crippen LogP contribution in [-0.2, 0) is 9.59 Å². The second-order valence-corrected chi connectivity index (χ2v) is 8.47. The molecule has 0 aliphatic carbocycles. The van der Waals surface area contributed by atoms with Crippen molar-refractivity contribution in [2.24, 2.45) is 0 Å². The number of amides is 1. The molecule has 1 unspecified atom stereocenters. The van der Waals surface area contributed by atoms with Gasteiger partial charge in [-0.2, -0.15) is 0 Å². The molecule has 0 spiro atoms. The van der Waals surface area contributed by atoms with Gasteiger partial charge in [0.1, 0.15) is 11.5 Å². The predicted molar refractivity (Wildman–Crippen MR) is 126 cm³/mol. The number of ketones is 1. The number of carbonyl (C=O) groups excluding carboxylic acids is 2. The third kappa shape index (κ3) is 4.86. The minimum absolute atomic E-state index is 0.132. The van der Waals surface area contributed by atoms with Crippen molar-refractivity contribution in [3.8, 4) is 5.75 Å². The lowest BCUT2D eigenvalue weighted by atomic mass is 9.94. The van der Waals surface area contributed by atoms with Crippen LogP contribution in [-0.4, -0.2) is 60.4 Å². The van der Waals surface area contributed by atoms with Gasteiger partial charge in [0.15, 0.2) is 0 Å². The van der Waals surface area contributed by atoms with Crippen LogP contribution in [0.5, 0.6) is 5.75 Å². The number of hydrogen-bond donors (Lipinski definition) is 1. The predicted octanol–water partition coefficient (Wildman–Crippen LogP) is 4.08. The van der Waals surface area contributed by atoms with Gasteiger partial charge in [0, 0.05) is 12.1 Å². The molecule has 0 aromatic heterocycles. The van der Waals surface area contributed by atoms with Crippen LogP contribution in [0.3, 0.4) is 0 Å². The van der Waals surface area contributed by atoms with Crippen molar-refractivity contribution in [1.82, 2.24) is 9.80 Å². The summed E-state index contributed by atoms with van der Waals surface area (Å²) in [5.41, 5.74) is 3.37. The minimum Gasteiger partial charge on any atom is -0.507 e. The Balaban J connectivity index is 2.08. The number of likely N-dealkylation sites (tertiary alicyclic amines) is 1. The van der Waals surface area contributed by atoms with Crippen LogP contribution in [0.1, 0.15) is 41.6 Å². The first-order valence-corrected chi connectivity index (χ1v) is 11.0. The Morgan fingerprint density at radius 2 is 1.78 bits per heavy atom. The largest absolute Gasteiger partial charge is 0.507 e. The van der Waals surface area contributed by atoms with Crippen LogP contribution in [0.15, 0.2) is 48.0 Å². The van der Waals surface area contributed by atoms with E-state index >= 15 is 0 Å². The topological polar surface area (TPSA) is 70.1 Å². The zero-order valence-corrected chi connectivity index (χ0v) is 19.5. The van der Waals surface area contributed by atoms with Crippen LogP contribution < -0.4 is 4.74 Å². The van der Waals surface area contributed by atoms with E-state index in [9.17, 15) is 14.7 Å². The smallest absolute Gasteiger partial charge is 0.295 e. The molecule has 1 N–H and O–H groups in total. The SMILES string of the molecule is CCOc1ccc(/C(O)=C2\C(=O)C(=O)N(CCCN(C)C)C2c2ccc(C)cc2)cc1C. The lowest BCUT2D eigenvalue weighted by Gasteiger charge is -2.26. The van der Waals surface area contributed by atoms with Crippen LogP contribution in [0.25, 0.3) is 5.76 Å². The van der Waals surface area contributed by atoms with E-state index in [0.29, 0.717) is 18.7 Å². The van der Waals surface area contributed by atoms with Crippen molar-refractivity contribution in [1.29, 1.82) is 0 Å². The van der Waals surface area contributed by atoms with E-state index in [1.54, 1.807) is 23.1 Å². The van der Waals surface area contributed by atoms with Crippen LogP contribution >= 0.6 is 0 Å². The van der Waals surface area contributed by atoms with Crippen molar-refractivity contribution >= 4 is 17.4 Å². The number of ether oxygens (including phenoxy) is 1. The maximum absolute atomic E-state index is 13.1. The third-order valence-electron chi connectivity index (χ3n) is 5.69. The zero-order chi connectivity index (χ0) is 23.4. The van der Waals surface area contributed by atoms with Gasteiger partial charge in [0.2, 0.25) is 0 Å². The minimum atomic E-state index is -0.649. The molecule has 1 amide bonds. The third-order valence-corrected chi connectivity index (χ3v) is 5.69. The monoisotopic (exact) mass is 436 g/mol. The number of hydrogen-bond acceptors (Lipinski definition) is 5. The molecule has 2 aromatic rings. The Labute approximate surface area is 190 Å². The molecule has 0 saturated carbocycles. The van der Waals surface area contributed by atoms with Crippen LogP contribution in [0.4, 0.5) is 0 Å². The molecule has 3 rings (SSSR count). The first kappa shape index (κ1) is 23.5. The van der Waals surface area contributed by atoms with E-state index in [4.69, 9.17) is 4.74 Å². The number of nitrogens with zero attached hydrogens (tertiary/aromatic N) is 2. The van der Waals surface area contributed by atoms with Crippen molar-refractivity contribution < 1.29 is 19.4 Å². The highest BCUT2D eigenvalue weighted by molar-refractivity contribution is 6.46. The highest BCUT2D eigenvalue weighted by Crippen LogP contribution is 2.40. The first-order chi connectivity index (χ1) is 15.2. The number of benzene rings is 2. The molecule has 6 nitrogen and oxygen atoms in total. The molecule has 1 saturated heterocycles. The van der Waals surface area contributed by atoms with E-state index in [0.717, 1.165) is 35.4 Å². The first-order valence-electron chi connectivity index (χ1n) is 11.0. The Morgan fingerprint density at radius 3 is 2.38 bits per heavy atom. The number of aliphatic hydroxyl groups excluding tert-OH is 1. The quantitative estimate of drug-likeness (QED) is 0.384. The molecular formula is C26H32N2O4. The molecule has 1 heterocycles. The molecule has 1 fully saturated rings. The maximum atomic E-state index is 13.1. The molecular weight excluding hydrogens is 404 g/mol. The lowest BCUT2D eigenvalue weighted by Crippen LogP contribution is -2.32. The van der Waals surface area contributed by atoms with Crippen LogP contribution in [0.2, 0.25) is 0 Å². The Morgan fingerprint density at radius 1 is 1.09 bits per heavy atom. The van der Waals surface area contributed by atoms with Gasteiger partial charge >= 0.3 is 0 Å². The molecule has 0 radical (unpaired) electrons. The van der Waals surface area contributed by atoms with E-state index in [-0.39, 0.29) is 11.3 Å². The fraction of sp³-hybridized carbons (Fsp3) is 0.385. The molecule has 1 aliphatic heterocycles.